The minimum atomic E-state index is -1.48. The van der Waals surface area contributed by atoms with Crippen LogP contribution in [0.1, 0.15) is 51.9 Å². The zero-order valence-electron chi connectivity index (χ0n) is 11.8. The predicted molar refractivity (Wildman–Crippen MR) is 72.6 cm³/mol. The van der Waals surface area contributed by atoms with Gasteiger partial charge in [0.05, 0.1) is 0 Å². The van der Waals surface area contributed by atoms with Crippen molar-refractivity contribution >= 4 is 5.91 Å². The van der Waals surface area contributed by atoms with E-state index in [4.69, 9.17) is 0 Å². The third kappa shape index (κ3) is 5.09. The number of nitrogens with zero attached hydrogens (tertiary/aromatic N) is 1. The third-order valence-corrected chi connectivity index (χ3v) is 3.72. The Balaban J connectivity index is 2.17. The normalized spacial score (nSPS) is 27.9. The fourth-order valence-corrected chi connectivity index (χ4v) is 2.43. The number of rotatable bonds is 8. The van der Waals surface area contributed by atoms with Gasteiger partial charge in [0.2, 0.25) is 0 Å². The van der Waals surface area contributed by atoms with E-state index in [2.05, 4.69) is 6.92 Å². The molecule has 1 aliphatic heterocycles. The second-order valence-corrected chi connectivity index (χ2v) is 5.41. The van der Waals surface area contributed by atoms with Gasteiger partial charge in [-0.2, -0.15) is 0 Å². The van der Waals surface area contributed by atoms with Crippen LogP contribution in [0.3, 0.4) is 0 Å². The Bertz CT molecular complexity index is 272. The topological polar surface area (TPSA) is 81.0 Å². The summed E-state index contributed by atoms with van der Waals surface area (Å²) in [5.41, 5.74) is 0. The highest BCUT2D eigenvalue weighted by molar-refractivity contribution is 5.82. The van der Waals surface area contributed by atoms with Gasteiger partial charge in [-0.3, -0.25) is 4.79 Å². The maximum Gasteiger partial charge on any atom is 0.254 e. The first-order chi connectivity index (χ1) is 9.07. The zero-order valence-corrected chi connectivity index (χ0v) is 11.8. The number of piperidine rings is 1. The first-order valence-electron chi connectivity index (χ1n) is 7.41. The number of hydrogen-bond acceptors (Lipinski definition) is 4. The minimum Gasteiger partial charge on any atom is -0.388 e. The molecule has 0 aromatic heterocycles. The van der Waals surface area contributed by atoms with E-state index >= 15 is 0 Å². The maximum absolute atomic E-state index is 11.7. The summed E-state index contributed by atoms with van der Waals surface area (Å²) >= 11 is 0. The van der Waals surface area contributed by atoms with Gasteiger partial charge in [0, 0.05) is 13.1 Å². The highest BCUT2D eigenvalue weighted by Gasteiger charge is 2.39. The van der Waals surface area contributed by atoms with Gasteiger partial charge in [0.25, 0.3) is 5.91 Å². The van der Waals surface area contributed by atoms with E-state index in [9.17, 15) is 20.1 Å². The Hall–Kier alpha value is -0.650. The summed E-state index contributed by atoms with van der Waals surface area (Å²) < 4.78 is 0. The van der Waals surface area contributed by atoms with Gasteiger partial charge in [-0.05, 0) is 6.42 Å². The first-order valence-corrected chi connectivity index (χ1v) is 7.41. The number of hydrogen-bond donors (Lipinski definition) is 3. The number of amides is 1. The molecule has 3 N–H and O–H groups in total. The molecule has 1 heterocycles. The Kier molecular flexibility index (Phi) is 7.34. The van der Waals surface area contributed by atoms with Gasteiger partial charge in [-0.25, -0.2) is 0 Å². The Morgan fingerprint density at radius 2 is 1.63 bits per heavy atom. The molecule has 1 amide bonds. The van der Waals surface area contributed by atoms with Crippen molar-refractivity contribution in [1.29, 1.82) is 0 Å². The Labute approximate surface area is 115 Å². The average molecular weight is 273 g/mol. The van der Waals surface area contributed by atoms with Crippen LogP contribution in [0.2, 0.25) is 0 Å². The number of likely N-dealkylation sites (tertiary alicyclic amines) is 1. The van der Waals surface area contributed by atoms with Gasteiger partial charge < -0.3 is 20.2 Å². The maximum atomic E-state index is 11.7. The predicted octanol–water partition coefficient (Wildman–Crippen LogP) is 0.662. The quantitative estimate of drug-likeness (QED) is 0.568. The molecule has 1 aliphatic rings. The van der Waals surface area contributed by atoms with Crippen LogP contribution in [0.4, 0.5) is 0 Å². The van der Waals surface area contributed by atoms with Crippen LogP contribution in [0.5, 0.6) is 0 Å². The van der Waals surface area contributed by atoms with E-state index in [0.29, 0.717) is 6.54 Å². The van der Waals surface area contributed by atoms with Crippen LogP contribution < -0.4 is 0 Å². The molecule has 0 spiro atoms. The molecule has 5 nitrogen and oxygen atoms in total. The Morgan fingerprint density at radius 3 is 2.26 bits per heavy atom. The van der Waals surface area contributed by atoms with Crippen LogP contribution in [0.15, 0.2) is 0 Å². The van der Waals surface area contributed by atoms with Crippen LogP contribution in [-0.2, 0) is 4.79 Å². The van der Waals surface area contributed by atoms with E-state index in [1.54, 1.807) is 0 Å². The lowest BCUT2D eigenvalue weighted by molar-refractivity contribution is -0.165. The van der Waals surface area contributed by atoms with Gasteiger partial charge in [0.15, 0.2) is 6.10 Å². The summed E-state index contributed by atoms with van der Waals surface area (Å²) in [5.74, 6) is -0.469. The average Bonchev–Trinajstić information content (AvgIpc) is 2.41. The lowest BCUT2D eigenvalue weighted by Crippen LogP contribution is -2.58. The molecule has 3 atom stereocenters. The van der Waals surface area contributed by atoms with Crippen molar-refractivity contribution in [2.75, 3.05) is 13.1 Å². The van der Waals surface area contributed by atoms with Crippen molar-refractivity contribution < 1.29 is 20.1 Å². The van der Waals surface area contributed by atoms with E-state index in [0.717, 1.165) is 19.3 Å². The van der Waals surface area contributed by atoms with Crippen LogP contribution in [0.25, 0.3) is 0 Å². The molecule has 0 saturated carbocycles. The number of β-amino-alcohol motifs (C(OH)–C–C–N with tert-alkyl or cyclic N) is 1. The van der Waals surface area contributed by atoms with Crippen LogP contribution in [-0.4, -0.2) is 57.5 Å². The summed E-state index contributed by atoms with van der Waals surface area (Å²) in [4.78, 5) is 13.1. The first kappa shape index (κ1) is 16.4. The molecule has 0 aliphatic carbocycles. The zero-order chi connectivity index (χ0) is 14.3. The number of carbonyl (C=O) groups is 1. The molecule has 5 heteroatoms. The summed E-state index contributed by atoms with van der Waals surface area (Å²) in [6, 6.07) is 0. The molecule has 1 rings (SSSR count). The fourth-order valence-electron chi connectivity index (χ4n) is 2.43. The number of aliphatic hydroxyl groups is 3. The number of unbranched alkanes of at least 4 members (excludes halogenated alkanes) is 6. The Morgan fingerprint density at radius 1 is 1.05 bits per heavy atom. The van der Waals surface area contributed by atoms with Crippen LogP contribution >= 0.6 is 0 Å². The molecule has 0 aromatic rings. The molecule has 112 valence electrons. The van der Waals surface area contributed by atoms with Crippen molar-refractivity contribution in [1.82, 2.24) is 4.90 Å². The summed E-state index contributed by atoms with van der Waals surface area (Å²) in [5, 5.41) is 28.4. The van der Waals surface area contributed by atoms with Crippen molar-refractivity contribution in [2.45, 2.75) is 70.2 Å². The molecule has 0 aromatic carbocycles. The van der Waals surface area contributed by atoms with Gasteiger partial charge >= 0.3 is 0 Å². The standard InChI is InChI=1S/C14H27NO4/c1-2-3-4-5-6-7-8-9-15-10-11(16)12(17)13(18)14(15)19/h11-13,16-18H,2-10H2,1H3/t11-,12+,13-/m0/s1. The summed E-state index contributed by atoms with van der Waals surface area (Å²) in [7, 11) is 0. The summed E-state index contributed by atoms with van der Waals surface area (Å²) in [6.45, 7) is 2.85. The second-order valence-electron chi connectivity index (χ2n) is 5.41. The van der Waals surface area contributed by atoms with E-state index in [-0.39, 0.29) is 6.54 Å². The molecule has 0 radical (unpaired) electrons. The fraction of sp³-hybridized carbons (Fsp3) is 0.929. The highest BCUT2D eigenvalue weighted by Crippen LogP contribution is 2.15. The van der Waals surface area contributed by atoms with E-state index in [1.165, 1.54) is 30.6 Å². The molecule has 0 unspecified atom stereocenters. The smallest absolute Gasteiger partial charge is 0.254 e. The molecular weight excluding hydrogens is 246 g/mol. The lowest BCUT2D eigenvalue weighted by atomic mass is 10.0. The third-order valence-electron chi connectivity index (χ3n) is 3.72. The van der Waals surface area contributed by atoms with Crippen molar-refractivity contribution in [3.05, 3.63) is 0 Å². The van der Waals surface area contributed by atoms with Gasteiger partial charge in [0.1, 0.15) is 12.2 Å². The lowest BCUT2D eigenvalue weighted by Gasteiger charge is -2.36. The molecule has 0 bridgehead atoms. The SMILES string of the molecule is CCCCCCCCCN1C[C@H](O)[C@@H](O)[C@H](O)C1=O. The molecule has 1 fully saturated rings. The second kappa shape index (κ2) is 8.51. The largest absolute Gasteiger partial charge is 0.388 e. The molecule has 1 saturated heterocycles. The number of aliphatic hydroxyl groups excluding tert-OH is 3. The van der Waals surface area contributed by atoms with E-state index in [1.807, 2.05) is 0 Å². The number of carbonyl (C=O) groups excluding carboxylic acids is 1. The van der Waals surface area contributed by atoms with E-state index < -0.39 is 24.2 Å². The van der Waals surface area contributed by atoms with Crippen LogP contribution in [0, 0.1) is 0 Å². The molecule has 19 heavy (non-hydrogen) atoms. The monoisotopic (exact) mass is 273 g/mol. The van der Waals surface area contributed by atoms with Crippen molar-refractivity contribution in [2.24, 2.45) is 0 Å². The van der Waals surface area contributed by atoms with Crippen molar-refractivity contribution in [3.63, 3.8) is 0 Å². The highest BCUT2D eigenvalue weighted by atomic mass is 16.4. The summed E-state index contributed by atoms with van der Waals surface area (Å²) in [6.07, 6.45) is 4.24. The van der Waals surface area contributed by atoms with Gasteiger partial charge in [-0.1, -0.05) is 45.4 Å². The molecular formula is C14H27NO4. The van der Waals surface area contributed by atoms with Gasteiger partial charge in [-0.15, -0.1) is 0 Å². The van der Waals surface area contributed by atoms with Crippen molar-refractivity contribution in [3.8, 4) is 0 Å². The minimum absolute atomic E-state index is 0.118.